The Hall–Kier alpha value is -1.38. The number of nitrogens with one attached hydrogen (secondary N) is 1. The van der Waals surface area contributed by atoms with Gasteiger partial charge in [-0.1, -0.05) is 33.8 Å². The molecule has 0 aliphatic rings. The van der Waals surface area contributed by atoms with Crippen LogP contribution in [0.4, 0.5) is 5.82 Å². The number of amides is 1. The fourth-order valence-corrected chi connectivity index (χ4v) is 0.812. The second-order valence-electron chi connectivity index (χ2n) is 3.36. The molecule has 1 heterocycles. The van der Waals surface area contributed by atoms with Gasteiger partial charge in [-0.3, -0.25) is 4.79 Å². The van der Waals surface area contributed by atoms with E-state index in [0.717, 1.165) is 5.56 Å². The van der Waals surface area contributed by atoms with Crippen molar-refractivity contribution in [3.63, 3.8) is 0 Å². The first-order valence-corrected chi connectivity index (χ1v) is 5.33. The van der Waals surface area contributed by atoms with Gasteiger partial charge in [0.1, 0.15) is 5.82 Å². The second kappa shape index (κ2) is 6.98. The minimum absolute atomic E-state index is 0.00338. The van der Waals surface area contributed by atoms with E-state index in [1.165, 1.54) is 0 Å². The van der Waals surface area contributed by atoms with Crippen molar-refractivity contribution in [3.05, 3.63) is 23.9 Å². The topological polar surface area (TPSA) is 42.0 Å². The van der Waals surface area contributed by atoms with E-state index in [1.807, 2.05) is 40.7 Å². The zero-order valence-corrected chi connectivity index (χ0v) is 10.2. The molecule has 3 nitrogen and oxygen atoms in total. The molecule has 0 saturated heterocycles. The zero-order valence-electron chi connectivity index (χ0n) is 10.2. The molecule has 0 bridgehead atoms. The molecule has 0 aromatic carbocycles. The van der Waals surface area contributed by atoms with E-state index in [4.69, 9.17) is 0 Å². The summed E-state index contributed by atoms with van der Waals surface area (Å²) in [6.45, 7) is 9.66. The smallest absolute Gasteiger partial charge is 0.228 e. The summed E-state index contributed by atoms with van der Waals surface area (Å²) >= 11 is 0. The molecule has 0 fully saturated rings. The van der Waals surface area contributed by atoms with Crippen molar-refractivity contribution in [1.82, 2.24) is 4.98 Å². The van der Waals surface area contributed by atoms with Gasteiger partial charge in [0.15, 0.2) is 0 Å². The zero-order chi connectivity index (χ0) is 11.8. The van der Waals surface area contributed by atoms with Gasteiger partial charge in [0.25, 0.3) is 0 Å². The van der Waals surface area contributed by atoms with Gasteiger partial charge in [-0.05, 0) is 18.6 Å². The van der Waals surface area contributed by atoms with Crippen LogP contribution in [0.3, 0.4) is 0 Å². The molecule has 1 aromatic heterocycles. The van der Waals surface area contributed by atoms with Crippen LogP contribution in [0.5, 0.6) is 0 Å². The molecule has 1 aromatic rings. The molecule has 0 radical (unpaired) electrons. The molecule has 1 N–H and O–H groups in total. The number of pyridine rings is 1. The van der Waals surface area contributed by atoms with E-state index >= 15 is 0 Å². The van der Waals surface area contributed by atoms with Gasteiger partial charge in [0.2, 0.25) is 5.91 Å². The molecule has 84 valence electrons. The molecule has 0 spiro atoms. The van der Waals surface area contributed by atoms with Gasteiger partial charge in [0.05, 0.1) is 0 Å². The fourth-order valence-electron chi connectivity index (χ4n) is 0.812. The maximum absolute atomic E-state index is 11.2. The van der Waals surface area contributed by atoms with Crippen molar-refractivity contribution in [2.45, 2.75) is 34.6 Å². The quantitative estimate of drug-likeness (QED) is 0.811. The molecule has 15 heavy (non-hydrogen) atoms. The summed E-state index contributed by atoms with van der Waals surface area (Å²) in [6, 6.07) is 3.72. The monoisotopic (exact) mass is 208 g/mol. The molecular weight excluding hydrogens is 188 g/mol. The Bertz CT molecular complexity index is 291. The Kier molecular flexibility index (Phi) is 6.34. The highest BCUT2D eigenvalue weighted by Crippen LogP contribution is 2.05. The maximum Gasteiger partial charge on any atom is 0.228 e. The summed E-state index contributed by atoms with van der Waals surface area (Å²) < 4.78 is 0. The molecule has 0 saturated carbocycles. The maximum atomic E-state index is 11.2. The summed E-state index contributed by atoms with van der Waals surface area (Å²) in [5, 5.41) is 2.72. The lowest BCUT2D eigenvalue weighted by molar-refractivity contribution is -0.118. The first kappa shape index (κ1) is 13.6. The van der Waals surface area contributed by atoms with Crippen molar-refractivity contribution in [2.75, 3.05) is 5.32 Å². The van der Waals surface area contributed by atoms with Gasteiger partial charge in [-0.25, -0.2) is 4.98 Å². The molecule has 1 rings (SSSR count). The fraction of sp³-hybridized carbons (Fsp3) is 0.500. The Balaban J connectivity index is 0.000000921. The number of nitrogens with zero attached hydrogens (tertiary/aromatic N) is 1. The first-order valence-electron chi connectivity index (χ1n) is 5.33. The molecule has 0 aliphatic heterocycles. The molecule has 1 amide bonds. The summed E-state index contributed by atoms with van der Waals surface area (Å²) in [6.07, 6.45) is 1.73. The molecule has 0 aliphatic carbocycles. The van der Waals surface area contributed by atoms with Gasteiger partial charge < -0.3 is 5.32 Å². The van der Waals surface area contributed by atoms with E-state index in [0.29, 0.717) is 5.82 Å². The number of aromatic nitrogens is 1. The number of anilines is 1. The molecular formula is C12H20N2O. The minimum atomic E-state index is -0.0110. The Labute approximate surface area is 91.9 Å². The third-order valence-corrected chi connectivity index (χ3v) is 1.69. The number of rotatable bonds is 2. The van der Waals surface area contributed by atoms with Crippen LogP contribution in [0.2, 0.25) is 0 Å². The van der Waals surface area contributed by atoms with Gasteiger partial charge in [0, 0.05) is 12.1 Å². The van der Waals surface area contributed by atoms with Gasteiger partial charge in [-0.2, -0.15) is 0 Å². The van der Waals surface area contributed by atoms with Gasteiger partial charge >= 0.3 is 0 Å². The number of hydrogen-bond acceptors (Lipinski definition) is 2. The van der Waals surface area contributed by atoms with Gasteiger partial charge in [-0.15, -0.1) is 0 Å². The number of hydrogen-bond donors (Lipinski definition) is 1. The number of carbonyl (C=O) groups excluding carboxylic acids is 1. The lowest BCUT2D eigenvalue weighted by Crippen LogP contribution is -2.18. The van der Waals surface area contributed by atoms with Crippen molar-refractivity contribution in [1.29, 1.82) is 0 Å². The van der Waals surface area contributed by atoms with E-state index in [9.17, 15) is 4.79 Å². The van der Waals surface area contributed by atoms with E-state index < -0.39 is 0 Å². The molecule has 0 unspecified atom stereocenters. The third kappa shape index (κ3) is 5.15. The van der Waals surface area contributed by atoms with Crippen LogP contribution in [0.15, 0.2) is 18.3 Å². The number of aryl methyl sites for hydroxylation is 1. The van der Waals surface area contributed by atoms with Crippen LogP contribution >= 0.6 is 0 Å². The SMILES string of the molecule is CC.Cc1ccc(NC(=O)C(C)C)nc1. The van der Waals surface area contributed by atoms with Crippen LogP contribution in [-0.2, 0) is 4.79 Å². The second-order valence-corrected chi connectivity index (χ2v) is 3.36. The highest BCUT2D eigenvalue weighted by atomic mass is 16.1. The van der Waals surface area contributed by atoms with Crippen molar-refractivity contribution in [2.24, 2.45) is 5.92 Å². The minimum Gasteiger partial charge on any atom is -0.310 e. The lowest BCUT2D eigenvalue weighted by atomic mass is 10.2. The average Bonchev–Trinajstić information content (AvgIpc) is 2.24. The van der Waals surface area contributed by atoms with Crippen LogP contribution < -0.4 is 5.32 Å². The lowest BCUT2D eigenvalue weighted by Gasteiger charge is -2.06. The van der Waals surface area contributed by atoms with Crippen LogP contribution in [-0.4, -0.2) is 10.9 Å². The van der Waals surface area contributed by atoms with Crippen molar-refractivity contribution >= 4 is 11.7 Å². The highest BCUT2D eigenvalue weighted by molar-refractivity contribution is 5.91. The molecule has 3 heteroatoms. The van der Waals surface area contributed by atoms with E-state index in [1.54, 1.807) is 12.3 Å². The Morgan fingerprint density at radius 2 is 1.93 bits per heavy atom. The van der Waals surface area contributed by atoms with E-state index in [2.05, 4.69) is 10.3 Å². The largest absolute Gasteiger partial charge is 0.310 e. The third-order valence-electron chi connectivity index (χ3n) is 1.69. The summed E-state index contributed by atoms with van der Waals surface area (Å²) in [5.41, 5.74) is 1.09. The normalized spacial score (nSPS) is 9.20. The average molecular weight is 208 g/mol. The summed E-state index contributed by atoms with van der Waals surface area (Å²) in [4.78, 5) is 15.3. The van der Waals surface area contributed by atoms with Crippen molar-refractivity contribution < 1.29 is 4.79 Å². The predicted molar refractivity (Wildman–Crippen MR) is 63.8 cm³/mol. The van der Waals surface area contributed by atoms with E-state index in [-0.39, 0.29) is 11.8 Å². The predicted octanol–water partition coefficient (Wildman–Crippen LogP) is 3.01. The Morgan fingerprint density at radius 3 is 2.33 bits per heavy atom. The van der Waals surface area contributed by atoms with Crippen LogP contribution in [0, 0.1) is 12.8 Å². The highest BCUT2D eigenvalue weighted by Gasteiger charge is 2.06. The molecule has 0 atom stereocenters. The van der Waals surface area contributed by atoms with Crippen molar-refractivity contribution in [3.8, 4) is 0 Å². The summed E-state index contributed by atoms with van der Waals surface area (Å²) in [5.74, 6) is 0.601. The number of carbonyl (C=O) groups is 1. The van der Waals surface area contributed by atoms with Crippen LogP contribution in [0.1, 0.15) is 33.3 Å². The standard InChI is InChI=1S/C10H14N2O.C2H6/c1-7(2)10(13)12-9-5-4-8(3)6-11-9;1-2/h4-7H,1-3H3,(H,11,12,13);1-2H3. The summed E-state index contributed by atoms with van der Waals surface area (Å²) in [7, 11) is 0. The first-order chi connectivity index (χ1) is 7.09. The van der Waals surface area contributed by atoms with Crippen LogP contribution in [0.25, 0.3) is 0 Å². The Morgan fingerprint density at radius 1 is 1.33 bits per heavy atom.